The third-order valence-electron chi connectivity index (χ3n) is 9.31. The first-order valence-corrected chi connectivity index (χ1v) is 16.5. The highest BCUT2D eigenvalue weighted by molar-refractivity contribution is 5.98. The number of ketones is 1. The Bertz CT molecular complexity index is 1250. The normalized spacial score (nSPS) is 23.6. The number of rotatable bonds is 16. The third-order valence-corrected chi connectivity index (χ3v) is 9.31. The summed E-state index contributed by atoms with van der Waals surface area (Å²) < 4.78 is 21.5. The lowest BCUT2D eigenvalue weighted by Crippen LogP contribution is -2.61. The largest absolute Gasteiger partial charge is 0.497 e. The number of methoxy groups -OCH3 is 1. The number of ether oxygens (including phenoxy) is 4. The quantitative estimate of drug-likeness (QED) is 0.180. The van der Waals surface area contributed by atoms with Crippen molar-refractivity contribution in [3.05, 3.63) is 41.5 Å². The Kier molecular flexibility index (Phi) is 11.8. The van der Waals surface area contributed by atoms with Crippen molar-refractivity contribution in [1.82, 2.24) is 20.9 Å². The summed E-state index contributed by atoms with van der Waals surface area (Å²) in [5.41, 5.74) is 1.20. The molecule has 3 heterocycles. The Morgan fingerprint density at radius 2 is 1.70 bits per heavy atom. The number of allylic oxidation sites excluding steroid dienone is 2. The van der Waals surface area contributed by atoms with Gasteiger partial charge in [-0.25, -0.2) is 0 Å². The molecule has 0 spiro atoms. The van der Waals surface area contributed by atoms with Crippen LogP contribution in [0.5, 0.6) is 5.75 Å². The van der Waals surface area contributed by atoms with E-state index in [1.165, 1.54) is 12.0 Å². The summed E-state index contributed by atoms with van der Waals surface area (Å²) in [6, 6.07) is 4.63. The molecule has 0 radical (unpaired) electrons. The monoisotopic (exact) mass is 640 g/mol. The topological polar surface area (TPSA) is 148 Å². The van der Waals surface area contributed by atoms with Crippen LogP contribution in [0, 0.1) is 5.92 Å². The number of hydrogen-bond donors (Lipinski definition) is 3. The first-order chi connectivity index (χ1) is 22.2. The van der Waals surface area contributed by atoms with Crippen LogP contribution in [-0.4, -0.2) is 112 Å². The molecule has 0 aromatic heterocycles. The number of nitrogens with zero attached hydrogens (tertiary/aromatic N) is 1. The van der Waals surface area contributed by atoms with Crippen LogP contribution in [0.15, 0.2) is 35.9 Å². The van der Waals surface area contributed by atoms with Gasteiger partial charge < -0.3 is 34.9 Å². The minimum absolute atomic E-state index is 0.150. The Labute approximate surface area is 270 Å². The summed E-state index contributed by atoms with van der Waals surface area (Å²) in [4.78, 5) is 56.3. The molecule has 3 fully saturated rings. The van der Waals surface area contributed by atoms with E-state index in [0.717, 1.165) is 24.8 Å². The lowest BCUT2D eigenvalue weighted by molar-refractivity contribution is -0.139. The van der Waals surface area contributed by atoms with Gasteiger partial charge in [0, 0.05) is 25.4 Å². The van der Waals surface area contributed by atoms with Crippen molar-refractivity contribution in [2.45, 2.75) is 75.6 Å². The molecular weight excluding hydrogens is 592 g/mol. The molecule has 1 aliphatic carbocycles. The molecule has 12 nitrogen and oxygen atoms in total. The van der Waals surface area contributed by atoms with Crippen LogP contribution in [0.3, 0.4) is 0 Å². The molecular formula is C34H48N4O8. The zero-order chi connectivity index (χ0) is 32.5. The van der Waals surface area contributed by atoms with E-state index >= 15 is 0 Å². The lowest BCUT2D eigenvalue weighted by Gasteiger charge is -2.35. The van der Waals surface area contributed by atoms with Gasteiger partial charge in [0.15, 0.2) is 5.78 Å². The summed E-state index contributed by atoms with van der Waals surface area (Å²) in [7, 11) is 1.58. The van der Waals surface area contributed by atoms with E-state index in [9.17, 15) is 19.2 Å². The van der Waals surface area contributed by atoms with Crippen molar-refractivity contribution in [2.75, 3.05) is 59.8 Å². The maximum absolute atomic E-state index is 14.0. The number of epoxide rings is 1. The molecule has 5 rings (SSSR count). The van der Waals surface area contributed by atoms with E-state index in [0.29, 0.717) is 64.7 Å². The second-order valence-electron chi connectivity index (χ2n) is 12.9. The Hall–Kier alpha value is -3.32. The van der Waals surface area contributed by atoms with Crippen molar-refractivity contribution >= 4 is 23.5 Å². The van der Waals surface area contributed by atoms with Crippen LogP contribution in [0.1, 0.15) is 51.0 Å². The van der Waals surface area contributed by atoms with E-state index in [4.69, 9.17) is 18.9 Å². The van der Waals surface area contributed by atoms with E-state index in [2.05, 4.69) is 22.0 Å². The highest BCUT2D eigenvalue weighted by Crippen LogP contribution is 2.30. The standard InChI is InChI=1S/C34H48N4O8/c1-34(22-46-34)31(40)27(13-10-23-6-4-3-5-7-23)35-32(41)28(18-24-8-11-26(43-2)12-9-24)36-33(42)30(25-20-45-21-25)37-29(39)19-38-14-16-44-17-15-38/h6,8-9,11-12,25,27-28,30H,3-5,7,10,13-22H2,1-2H3,(H,35,41)(H,36,42)(H,37,39)/t27-,28-,30-,34+/m0/s1. The molecule has 0 bridgehead atoms. The first-order valence-electron chi connectivity index (χ1n) is 16.5. The van der Waals surface area contributed by atoms with Gasteiger partial charge >= 0.3 is 0 Å². The maximum atomic E-state index is 14.0. The van der Waals surface area contributed by atoms with Crippen molar-refractivity contribution in [1.29, 1.82) is 0 Å². The number of Topliss-reactive ketones (excluding diaryl/α,β-unsaturated/α-hetero) is 1. The number of benzene rings is 1. The van der Waals surface area contributed by atoms with Gasteiger partial charge in [-0.2, -0.15) is 0 Å². The van der Waals surface area contributed by atoms with Crippen LogP contribution in [0.25, 0.3) is 0 Å². The fraction of sp³-hybridized carbons (Fsp3) is 0.647. The van der Waals surface area contributed by atoms with Crippen LogP contribution < -0.4 is 20.7 Å². The van der Waals surface area contributed by atoms with Gasteiger partial charge in [0.2, 0.25) is 17.7 Å². The Balaban J connectivity index is 1.30. The summed E-state index contributed by atoms with van der Waals surface area (Å²) in [5, 5.41) is 8.79. The minimum atomic E-state index is -1.00. The molecule has 46 heavy (non-hydrogen) atoms. The zero-order valence-electron chi connectivity index (χ0n) is 27.0. The van der Waals surface area contributed by atoms with Gasteiger partial charge in [-0.1, -0.05) is 23.8 Å². The van der Waals surface area contributed by atoms with Crippen LogP contribution in [0.2, 0.25) is 0 Å². The smallest absolute Gasteiger partial charge is 0.243 e. The Morgan fingerprint density at radius 3 is 2.30 bits per heavy atom. The number of amides is 3. The molecule has 252 valence electrons. The van der Waals surface area contributed by atoms with Crippen LogP contribution in [-0.2, 0) is 39.8 Å². The molecule has 3 saturated heterocycles. The van der Waals surface area contributed by atoms with E-state index in [1.54, 1.807) is 26.2 Å². The maximum Gasteiger partial charge on any atom is 0.243 e. The molecule has 4 atom stereocenters. The summed E-state index contributed by atoms with van der Waals surface area (Å²) in [5.74, 6) is -0.916. The first kappa shape index (κ1) is 34.0. The second kappa shape index (κ2) is 16.0. The minimum Gasteiger partial charge on any atom is -0.497 e. The number of carbonyl (C=O) groups is 4. The SMILES string of the molecule is COc1ccc(C[C@H](NC(=O)[C@@H](NC(=O)CN2CCOCC2)C2COC2)C(=O)N[C@@H](CCC2=CCCCC2)C(=O)[C@@]2(C)CO2)cc1. The highest BCUT2D eigenvalue weighted by atomic mass is 16.6. The molecule has 0 saturated carbocycles. The van der Waals surface area contributed by atoms with E-state index in [1.807, 2.05) is 17.0 Å². The zero-order valence-corrected chi connectivity index (χ0v) is 27.0. The fourth-order valence-corrected chi connectivity index (χ4v) is 6.12. The molecule has 12 heteroatoms. The fourth-order valence-electron chi connectivity index (χ4n) is 6.12. The molecule has 0 unspecified atom stereocenters. The lowest BCUT2D eigenvalue weighted by atomic mass is 9.91. The summed E-state index contributed by atoms with van der Waals surface area (Å²) >= 11 is 0. The van der Waals surface area contributed by atoms with Crippen molar-refractivity contribution in [3.63, 3.8) is 0 Å². The van der Waals surface area contributed by atoms with E-state index < -0.39 is 35.5 Å². The molecule has 1 aromatic rings. The number of hydrogen-bond acceptors (Lipinski definition) is 9. The summed E-state index contributed by atoms with van der Waals surface area (Å²) in [6.45, 7) is 5.27. The molecule has 4 aliphatic rings. The number of nitrogens with one attached hydrogen (secondary N) is 3. The predicted octanol–water partition coefficient (Wildman–Crippen LogP) is 1.31. The van der Waals surface area contributed by atoms with Gasteiger partial charge in [0.25, 0.3) is 0 Å². The van der Waals surface area contributed by atoms with E-state index in [-0.39, 0.29) is 30.6 Å². The van der Waals surface area contributed by atoms with Gasteiger partial charge in [-0.3, -0.25) is 24.1 Å². The molecule has 3 N–H and O–H groups in total. The average Bonchev–Trinajstić information content (AvgIpc) is 3.80. The van der Waals surface area contributed by atoms with Crippen LogP contribution >= 0.6 is 0 Å². The second-order valence-corrected chi connectivity index (χ2v) is 12.9. The number of morpholine rings is 1. The molecule has 3 amide bonds. The van der Waals surface area contributed by atoms with Gasteiger partial charge in [-0.15, -0.1) is 0 Å². The number of carbonyl (C=O) groups excluding carboxylic acids is 4. The van der Waals surface area contributed by atoms with Crippen molar-refractivity contribution in [2.24, 2.45) is 5.92 Å². The van der Waals surface area contributed by atoms with Gasteiger partial charge in [0.05, 0.1) is 52.7 Å². The van der Waals surface area contributed by atoms with Gasteiger partial charge in [-0.05, 0) is 63.1 Å². The third kappa shape index (κ3) is 9.37. The molecule has 3 aliphatic heterocycles. The van der Waals surface area contributed by atoms with Crippen molar-refractivity contribution in [3.8, 4) is 5.75 Å². The predicted molar refractivity (Wildman–Crippen MR) is 169 cm³/mol. The van der Waals surface area contributed by atoms with Crippen LogP contribution in [0.4, 0.5) is 0 Å². The molecule has 1 aromatic carbocycles. The van der Waals surface area contributed by atoms with Gasteiger partial charge in [0.1, 0.15) is 23.4 Å². The Morgan fingerprint density at radius 1 is 0.978 bits per heavy atom. The highest BCUT2D eigenvalue weighted by Gasteiger charge is 2.50. The summed E-state index contributed by atoms with van der Waals surface area (Å²) in [6.07, 6.45) is 7.92. The average molecular weight is 641 g/mol. The van der Waals surface area contributed by atoms with Crippen molar-refractivity contribution < 1.29 is 38.1 Å².